The number of benzene rings is 1. The molecule has 6 heteroatoms. The minimum absolute atomic E-state index is 0.173. The maximum atomic E-state index is 12.6. The zero-order valence-corrected chi connectivity index (χ0v) is 8.35. The van der Waals surface area contributed by atoms with Crippen molar-refractivity contribution in [2.45, 2.75) is 18.6 Å². The summed E-state index contributed by atoms with van der Waals surface area (Å²) in [6, 6.07) is 3.58. The van der Waals surface area contributed by atoms with Gasteiger partial charge in [0.1, 0.15) is 5.54 Å². The van der Waals surface area contributed by atoms with Crippen LogP contribution in [0.15, 0.2) is 18.2 Å². The van der Waals surface area contributed by atoms with Crippen LogP contribution in [-0.4, -0.2) is 5.91 Å². The van der Waals surface area contributed by atoms with Crippen LogP contribution in [0.25, 0.3) is 0 Å². The molecule has 1 atom stereocenters. The number of carbonyl (C=O) groups is 1. The summed E-state index contributed by atoms with van der Waals surface area (Å²) in [6.07, 6.45) is -4.50. The molecule has 0 saturated carbocycles. The van der Waals surface area contributed by atoms with Gasteiger partial charge in [0.25, 0.3) is 0 Å². The van der Waals surface area contributed by atoms with Gasteiger partial charge in [-0.15, -0.1) is 0 Å². The van der Waals surface area contributed by atoms with E-state index in [4.69, 9.17) is 5.73 Å². The topological polar surface area (TPSA) is 55.1 Å². The molecule has 0 fully saturated rings. The van der Waals surface area contributed by atoms with Crippen LogP contribution in [0, 0.1) is 0 Å². The van der Waals surface area contributed by atoms with Crippen LogP contribution in [0.3, 0.4) is 0 Å². The number of hydrogen-bond acceptors (Lipinski definition) is 2. The summed E-state index contributed by atoms with van der Waals surface area (Å²) in [6.45, 7) is 1.38. The molecule has 1 aromatic carbocycles. The first kappa shape index (κ1) is 10.9. The highest BCUT2D eigenvalue weighted by Gasteiger charge is 2.44. The highest BCUT2D eigenvalue weighted by Crippen LogP contribution is 2.42. The molecule has 1 amide bonds. The van der Waals surface area contributed by atoms with Gasteiger partial charge in [-0.2, -0.15) is 13.2 Å². The zero-order valence-electron chi connectivity index (χ0n) is 8.35. The molecule has 0 saturated heterocycles. The molecule has 0 aromatic heterocycles. The number of hydrogen-bond donors (Lipinski definition) is 2. The molecule has 1 aliphatic heterocycles. The SMILES string of the molecule is C[C@]1(N)C(=O)Nc2c(C(F)(F)F)cccc21. The fourth-order valence-corrected chi connectivity index (χ4v) is 1.72. The number of amides is 1. The van der Waals surface area contributed by atoms with Gasteiger partial charge in [0.2, 0.25) is 5.91 Å². The van der Waals surface area contributed by atoms with Gasteiger partial charge in [0, 0.05) is 5.56 Å². The summed E-state index contributed by atoms with van der Waals surface area (Å²) < 4.78 is 37.9. The van der Waals surface area contributed by atoms with E-state index in [1.807, 2.05) is 0 Å². The minimum atomic E-state index is -4.50. The third-order valence-corrected chi connectivity index (χ3v) is 2.64. The van der Waals surface area contributed by atoms with E-state index in [0.717, 1.165) is 6.07 Å². The van der Waals surface area contributed by atoms with E-state index in [9.17, 15) is 18.0 Å². The Morgan fingerprint density at radius 3 is 2.56 bits per heavy atom. The fourth-order valence-electron chi connectivity index (χ4n) is 1.72. The van der Waals surface area contributed by atoms with Gasteiger partial charge >= 0.3 is 6.18 Å². The predicted molar refractivity (Wildman–Crippen MR) is 51.6 cm³/mol. The van der Waals surface area contributed by atoms with Crippen LogP contribution in [0.1, 0.15) is 18.1 Å². The molecule has 3 nitrogen and oxygen atoms in total. The Labute approximate surface area is 89.4 Å². The lowest BCUT2D eigenvalue weighted by molar-refractivity contribution is -0.136. The summed E-state index contributed by atoms with van der Waals surface area (Å²) in [5.74, 6) is -0.626. The van der Waals surface area contributed by atoms with Crippen LogP contribution >= 0.6 is 0 Å². The lowest BCUT2D eigenvalue weighted by atomic mass is 9.93. The Morgan fingerprint density at radius 2 is 2.00 bits per heavy atom. The molecule has 3 N–H and O–H groups in total. The van der Waals surface area contributed by atoms with E-state index in [0.29, 0.717) is 0 Å². The Balaban J connectivity index is 2.66. The van der Waals surface area contributed by atoms with Crippen molar-refractivity contribution in [2.24, 2.45) is 5.73 Å². The van der Waals surface area contributed by atoms with Gasteiger partial charge in [-0.1, -0.05) is 12.1 Å². The Bertz CT molecular complexity index is 466. The van der Waals surface area contributed by atoms with Gasteiger partial charge in [-0.25, -0.2) is 0 Å². The molecule has 1 aromatic rings. The molecule has 86 valence electrons. The van der Waals surface area contributed by atoms with Crippen LogP contribution in [0.4, 0.5) is 18.9 Å². The molecule has 1 heterocycles. The number of para-hydroxylation sites is 1. The second-order valence-electron chi connectivity index (χ2n) is 3.88. The quantitative estimate of drug-likeness (QED) is 0.714. The van der Waals surface area contributed by atoms with E-state index in [1.165, 1.54) is 19.1 Å². The molecule has 16 heavy (non-hydrogen) atoms. The number of carbonyl (C=O) groups excluding carboxylic acids is 1. The van der Waals surface area contributed by atoms with E-state index in [2.05, 4.69) is 5.32 Å². The highest BCUT2D eigenvalue weighted by atomic mass is 19.4. The fraction of sp³-hybridized carbons (Fsp3) is 0.300. The number of nitrogens with two attached hydrogens (primary N) is 1. The third-order valence-electron chi connectivity index (χ3n) is 2.64. The van der Waals surface area contributed by atoms with Crippen molar-refractivity contribution in [1.82, 2.24) is 0 Å². The summed E-state index contributed by atoms with van der Waals surface area (Å²) in [5.41, 5.74) is 3.33. The predicted octanol–water partition coefficient (Wildman–Crippen LogP) is 1.83. The number of halogens is 3. The van der Waals surface area contributed by atoms with Crippen molar-refractivity contribution < 1.29 is 18.0 Å². The average Bonchev–Trinajstić information content (AvgIpc) is 2.37. The van der Waals surface area contributed by atoms with Crippen LogP contribution in [-0.2, 0) is 16.5 Å². The van der Waals surface area contributed by atoms with Gasteiger partial charge in [0.15, 0.2) is 0 Å². The Hall–Kier alpha value is -1.56. The number of nitrogens with one attached hydrogen (secondary N) is 1. The van der Waals surface area contributed by atoms with Crippen molar-refractivity contribution in [3.05, 3.63) is 29.3 Å². The lowest BCUT2D eigenvalue weighted by Gasteiger charge is -2.16. The molecular weight excluding hydrogens is 221 g/mol. The summed E-state index contributed by atoms with van der Waals surface area (Å²) >= 11 is 0. The van der Waals surface area contributed by atoms with Gasteiger partial charge in [0.05, 0.1) is 11.3 Å². The van der Waals surface area contributed by atoms with E-state index >= 15 is 0 Å². The first-order valence-corrected chi connectivity index (χ1v) is 4.55. The molecule has 1 aliphatic rings. The van der Waals surface area contributed by atoms with Crippen molar-refractivity contribution in [1.29, 1.82) is 0 Å². The maximum absolute atomic E-state index is 12.6. The van der Waals surface area contributed by atoms with E-state index in [1.54, 1.807) is 0 Å². The summed E-state index contributed by atoms with van der Waals surface area (Å²) in [5, 5.41) is 2.18. The van der Waals surface area contributed by atoms with E-state index < -0.39 is 23.2 Å². The molecule has 2 rings (SSSR count). The number of anilines is 1. The first-order valence-electron chi connectivity index (χ1n) is 4.55. The highest BCUT2D eigenvalue weighted by molar-refractivity contribution is 6.06. The van der Waals surface area contributed by atoms with Crippen LogP contribution < -0.4 is 11.1 Å². The molecule has 0 bridgehead atoms. The molecule has 0 spiro atoms. The first-order chi connectivity index (χ1) is 7.24. The number of fused-ring (bicyclic) bond motifs is 1. The molecule has 0 aliphatic carbocycles. The Kier molecular flexibility index (Phi) is 2.03. The normalized spacial score (nSPS) is 24.2. The third kappa shape index (κ3) is 1.37. The maximum Gasteiger partial charge on any atom is 0.418 e. The second kappa shape index (κ2) is 2.98. The Morgan fingerprint density at radius 1 is 1.38 bits per heavy atom. The van der Waals surface area contributed by atoms with Crippen molar-refractivity contribution >= 4 is 11.6 Å². The monoisotopic (exact) mass is 230 g/mol. The van der Waals surface area contributed by atoms with Gasteiger partial charge in [-0.05, 0) is 13.0 Å². The second-order valence-corrected chi connectivity index (χ2v) is 3.88. The smallest absolute Gasteiger partial charge is 0.323 e. The zero-order chi connectivity index (χ0) is 12.1. The molecule has 0 radical (unpaired) electrons. The van der Waals surface area contributed by atoms with Gasteiger partial charge < -0.3 is 11.1 Å². The standard InChI is InChI=1S/C10H9F3N2O/c1-9(14)5-3-2-4-6(10(11,12)13)7(5)15-8(9)16/h2-4H,14H2,1H3,(H,15,16)/t9-/m1/s1. The lowest BCUT2D eigenvalue weighted by Crippen LogP contribution is -2.40. The number of alkyl halides is 3. The van der Waals surface area contributed by atoms with Crippen molar-refractivity contribution in [3.63, 3.8) is 0 Å². The van der Waals surface area contributed by atoms with Crippen LogP contribution in [0.5, 0.6) is 0 Å². The van der Waals surface area contributed by atoms with Crippen LogP contribution in [0.2, 0.25) is 0 Å². The van der Waals surface area contributed by atoms with Gasteiger partial charge in [-0.3, -0.25) is 4.79 Å². The molecule has 0 unspecified atom stereocenters. The van der Waals surface area contributed by atoms with Crippen molar-refractivity contribution in [2.75, 3.05) is 5.32 Å². The average molecular weight is 230 g/mol. The summed E-state index contributed by atoms with van der Waals surface area (Å²) in [7, 11) is 0. The minimum Gasteiger partial charge on any atom is -0.323 e. The summed E-state index contributed by atoms with van der Waals surface area (Å²) in [4.78, 5) is 11.4. The largest absolute Gasteiger partial charge is 0.418 e. The van der Waals surface area contributed by atoms with Crippen molar-refractivity contribution in [3.8, 4) is 0 Å². The number of rotatable bonds is 0. The van der Waals surface area contributed by atoms with E-state index in [-0.39, 0.29) is 11.3 Å². The molecular formula is C10H9F3N2O.